The molecule has 32 heavy (non-hydrogen) atoms. The van der Waals surface area contributed by atoms with Crippen molar-refractivity contribution in [3.05, 3.63) is 106 Å². The Morgan fingerprint density at radius 1 is 0.938 bits per heavy atom. The molecule has 2 aromatic carbocycles. The lowest BCUT2D eigenvalue weighted by Crippen LogP contribution is -2.29. The Bertz CT molecular complexity index is 1220. The zero-order valence-corrected chi connectivity index (χ0v) is 19.5. The minimum atomic E-state index is -0.0236. The summed E-state index contributed by atoms with van der Waals surface area (Å²) in [5.41, 5.74) is 4.47. The first-order valence-corrected chi connectivity index (χ1v) is 11.8. The minimum absolute atomic E-state index is 0.0236. The number of hydrogen-bond donors (Lipinski definition) is 1. The average molecular weight is 458 g/mol. The van der Waals surface area contributed by atoms with Gasteiger partial charge in [-0.05, 0) is 91.6 Å². The first-order chi connectivity index (χ1) is 15.6. The van der Waals surface area contributed by atoms with E-state index >= 15 is 0 Å². The second-order valence-corrected chi connectivity index (χ2v) is 9.21. The summed E-state index contributed by atoms with van der Waals surface area (Å²) < 4.78 is 6.01. The Kier molecular flexibility index (Phi) is 5.64. The number of nitrogens with zero attached hydrogens (tertiary/aromatic N) is 2. The van der Waals surface area contributed by atoms with E-state index in [4.69, 9.17) is 17.0 Å². The molecule has 0 saturated carbocycles. The first kappa shape index (κ1) is 20.7. The molecule has 1 aliphatic heterocycles. The van der Waals surface area contributed by atoms with Gasteiger partial charge in [0.15, 0.2) is 5.11 Å². The van der Waals surface area contributed by atoms with Crippen molar-refractivity contribution in [3.8, 4) is 11.5 Å². The first-order valence-electron chi connectivity index (χ1n) is 10.5. The average Bonchev–Trinajstić information content (AvgIpc) is 3.39. The van der Waals surface area contributed by atoms with E-state index in [1.807, 2.05) is 54.7 Å². The molecule has 2 aromatic heterocycles. The maximum atomic E-state index is 6.01. The number of hydrogen-bond acceptors (Lipinski definition) is 4. The molecular formula is C26H23N3OS2. The van der Waals surface area contributed by atoms with Crippen LogP contribution in [0, 0.1) is 13.8 Å². The van der Waals surface area contributed by atoms with Crippen LogP contribution in [0.4, 0.5) is 5.69 Å². The molecule has 3 heterocycles. The Morgan fingerprint density at radius 2 is 1.66 bits per heavy atom. The fourth-order valence-corrected chi connectivity index (χ4v) is 5.40. The van der Waals surface area contributed by atoms with Crippen molar-refractivity contribution in [2.24, 2.45) is 0 Å². The summed E-state index contributed by atoms with van der Waals surface area (Å²) in [6, 6.07) is 24.3. The fourth-order valence-electron chi connectivity index (χ4n) is 4.00. The fraction of sp³-hybridized carbons (Fsp3) is 0.154. The molecule has 4 aromatic rings. The SMILES string of the molecule is Cc1ccc(Oc2ccc(N3C(=S)N[C@H](c4ccccn4)[C@H]3c3sccc3C)cc2)cc1. The van der Waals surface area contributed by atoms with Crippen molar-refractivity contribution >= 4 is 34.4 Å². The van der Waals surface area contributed by atoms with E-state index in [1.165, 1.54) is 16.0 Å². The number of benzene rings is 2. The zero-order valence-electron chi connectivity index (χ0n) is 17.9. The Balaban J connectivity index is 1.47. The second kappa shape index (κ2) is 8.73. The summed E-state index contributed by atoms with van der Waals surface area (Å²) in [5, 5.41) is 6.35. The minimum Gasteiger partial charge on any atom is -0.457 e. The molecule has 0 spiro atoms. The van der Waals surface area contributed by atoms with Crippen LogP contribution < -0.4 is 15.0 Å². The van der Waals surface area contributed by atoms with Gasteiger partial charge in [0.25, 0.3) is 0 Å². The van der Waals surface area contributed by atoms with Gasteiger partial charge in [-0.1, -0.05) is 23.8 Å². The topological polar surface area (TPSA) is 37.4 Å². The van der Waals surface area contributed by atoms with Gasteiger partial charge in [-0.15, -0.1) is 11.3 Å². The quantitative estimate of drug-likeness (QED) is 0.336. The highest BCUT2D eigenvalue weighted by Crippen LogP contribution is 2.44. The van der Waals surface area contributed by atoms with Gasteiger partial charge in [0.1, 0.15) is 11.5 Å². The van der Waals surface area contributed by atoms with Crippen LogP contribution >= 0.6 is 23.6 Å². The highest BCUT2D eigenvalue weighted by atomic mass is 32.1. The van der Waals surface area contributed by atoms with Crippen molar-refractivity contribution in [3.63, 3.8) is 0 Å². The van der Waals surface area contributed by atoms with Crippen LogP contribution in [0.3, 0.4) is 0 Å². The van der Waals surface area contributed by atoms with Crippen LogP contribution in [-0.4, -0.2) is 10.1 Å². The standard InChI is InChI=1S/C26H23N3OS2/c1-17-6-10-20(11-7-17)30-21-12-8-19(9-13-21)29-24(25-18(2)14-16-32-25)23(28-26(29)31)22-5-3-4-15-27-22/h3-16,23-24H,1-2H3,(H,28,31)/t23-,24+/m1/s1. The molecule has 4 nitrogen and oxygen atoms in total. The van der Waals surface area contributed by atoms with Crippen molar-refractivity contribution in [1.29, 1.82) is 0 Å². The highest BCUT2D eigenvalue weighted by Gasteiger charge is 2.41. The van der Waals surface area contributed by atoms with E-state index in [1.54, 1.807) is 11.3 Å². The van der Waals surface area contributed by atoms with Crippen LogP contribution in [0.1, 0.15) is 33.8 Å². The van der Waals surface area contributed by atoms with Crippen molar-refractivity contribution < 1.29 is 4.74 Å². The molecule has 5 rings (SSSR count). The normalized spacial score (nSPS) is 17.9. The van der Waals surface area contributed by atoms with E-state index in [2.05, 4.69) is 58.7 Å². The molecule has 1 fully saturated rings. The van der Waals surface area contributed by atoms with Crippen molar-refractivity contribution in [2.45, 2.75) is 25.9 Å². The lowest BCUT2D eigenvalue weighted by Gasteiger charge is -2.27. The van der Waals surface area contributed by atoms with Gasteiger partial charge in [0, 0.05) is 16.8 Å². The maximum absolute atomic E-state index is 6.01. The predicted molar refractivity (Wildman–Crippen MR) is 135 cm³/mol. The Labute approximate surface area is 197 Å². The van der Waals surface area contributed by atoms with Gasteiger partial charge in [0.05, 0.1) is 17.8 Å². The van der Waals surface area contributed by atoms with Gasteiger partial charge in [-0.25, -0.2) is 0 Å². The van der Waals surface area contributed by atoms with Gasteiger partial charge in [-0.3, -0.25) is 4.98 Å². The molecule has 6 heteroatoms. The van der Waals surface area contributed by atoms with E-state index in [9.17, 15) is 0 Å². The number of thiophene rings is 1. The molecule has 160 valence electrons. The second-order valence-electron chi connectivity index (χ2n) is 7.87. The number of anilines is 1. The van der Waals surface area contributed by atoms with Crippen molar-refractivity contribution in [2.75, 3.05) is 4.90 Å². The predicted octanol–water partition coefficient (Wildman–Crippen LogP) is 6.73. The molecule has 0 aliphatic carbocycles. The third kappa shape index (κ3) is 3.99. The number of aryl methyl sites for hydroxylation is 2. The number of rotatable bonds is 5. The van der Waals surface area contributed by atoms with Crippen LogP contribution in [0.15, 0.2) is 84.4 Å². The zero-order chi connectivity index (χ0) is 22.1. The Morgan fingerprint density at radius 3 is 2.28 bits per heavy atom. The Hall–Kier alpha value is -3.22. The summed E-state index contributed by atoms with van der Waals surface area (Å²) >= 11 is 7.56. The van der Waals surface area contributed by atoms with Crippen LogP contribution in [0.25, 0.3) is 0 Å². The molecule has 0 unspecified atom stereocenters. The molecule has 1 N–H and O–H groups in total. The molecule has 0 bridgehead atoms. The van der Waals surface area contributed by atoms with Gasteiger partial charge < -0.3 is 15.0 Å². The highest BCUT2D eigenvalue weighted by molar-refractivity contribution is 7.80. The maximum Gasteiger partial charge on any atom is 0.174 e. The number of thiocarbonyl (C=S) groups is 1. The molecule has 1 aliphatic rings. The van der Waals surface area contributed by atoms with E-state index in [0.29, 0.717) is 5.11 Å². The largest absolute Gasteiger partial charge is 0.457 e. The number of ether oxygens (including phenoxy) is 1. The van der Waals surface area contributed by atoms with Crippen LogP contribution in [0.5, 0.6) is 11.5 Å². The third-order valence-electron chi connectivity index (χ3n) is 5.64. The van der Waals surface area contributed by atoms with Crippen LogP contribution in [-0.2, 0) is 0 Å². The number of aromatic nitrogens is 1. The molecule has 2 atom stereocenters. The van der Waals surface area contributed by atoms with Gasteiger partial charge >= 0.3 is 0 Å². The lowest BCUT2D eigenvalue weighted by atomic mass is 10.0. The summed E-state index contributed by atoms with van der Waals surface area (Å²) in [6.07, 6.45) is 1.83. The van der Waals surface area contributed by atoms with Crippen LogP contribution in [0.2, 0.25) is 0 Å². The van der Waals surface area contributed by atoms with E-state index in [-0.39, 0.29) is 12.1 Å². The summed E-state index contributed by atoms with van der Waals surface area (Å²) in [5.74, 6) is 1.62. The third-order valence-corrected chi connectivity index (χ3v) is 7.04. The molecule has 0 amide bonds. The molecule has 0 radical (unpaired) electrons. The van der Waals surface area contributed by atoms with E-state index in [0.717, 1.165) is 22.9 Å². The molecule has 1 saturated heterocycles. The number of nitrogens with one attached hydrogen (secondary N) is 1. The smallest absolute Gasteiger partial charge is 0.174 e. The van der Waals surface area contributed by atoms with E-state index < -0.39 is 0 Å². The lowest BCUT2D eigenvalue weighted by molar-refractivity contribution is 0.482. The summed E-state index contributed by atoms with van der Waals surface area (Å²) in [7, 11) is 0. The summed E-state index contributed by atoms with van der Waals surface area (Å²) in [4.78, 5) is 8.10. The summed E-state index contributed by atoms with van der Waals surface area (Å²) in [6.45, 7) is 4.22. The van der Waals surface area contributed by atoms with Crippen molar-refractivity contribution in [1.82, 2.24) is 10.3 Å². The number of pyridine rings is 1. The monoisotopic (exact) mass is 457 g/mol. The van der Waals surface area contributed by atoms with Gasteiger partial charge in [0.2, 0.25) is 0 Å². The molecular weight excluding hydrogens is 434 g/mol. The van der Waals surface area contributed by atoms with Gasteiger partial charge in [-0.2, -0.15) is 0 Å².